The van der Waals surface area contributed by atoms with Crippen LogP contribution in [0.25, 0.3) is 10.7 Å². The Morgan fingerprint density at radius 3 is 2.10 bits per heavy atom. The van der Waals surface area contributed by atoms with Crippen molar-refractivity contribution in [2.75, 3.05) is 70.1 Å². The number of aliphatic hydroxyl groups excluding tert-OH is 1. The van der Waals surface area contributed by atoms with Crippen molar-refractivity contribution in [2.24, 2.45) is 28.9 Å². The number of benzene rings is 1. The number of nitrogen functional groups attached to an aromatic ring is 1. The highest BCUT2D eigenvalue weighted by Gasteiger charge is 2.34. The molecule has 4 rings (SSSR count). The molecule has 0 radical (unpaired) electrons. The van der Waals surface area contributed by atoms with Gasteiger partial charge in [-0.3, -0.25) is 37.8 Å². The third-order valence-electron chi connectivity index (χ3n) is 12.7. The molecule has 0 bridgehead atoms. The molecule has 0 aliphatic carbocycles. The number of anilines is 1. The zero-order valence-electron chi connectivity index (χ0n) is 46.1. The maximum absolute atomic E-state index is 13.9. The Morgan fingerprint density at radius 2 is 1.44 bits per heavy atom. The van der Waals surface area contributed by atoms with Gasteiger partial charge in [0.05, 0.1) is 35.2 Å². The number of carbonyl (C=O) groups is 7. The number of rotatable bonds is 38. The molecule has 20 N–H and O–H groups in total. The first-order valence-corrected chi connectivity index (χ1v) is 30.0. The Kier molecular flexibility index (Phi) is 28.6. The standard InChI is InChI=1S/C51H79N17O10S3/c1-28-41(67-45(68-43(28)55)35(24-39(54)70)61-25-33(53)44(56)72)50(77)64-34(14-22-81(4)78)49(76)62-30(3)42(71)29(2)46(73)65-36(23-31-9-11-32(69)12-10-31)47(74)60-21-13-40-63-38(27-79-40)51-66-37(26-80-51)48(75)59-20-8-19-58-17-6-5-16-57-18-7-15-52/h9-12,26-27,29-30,33-36,42,57-58,61,69,71H,5-8,13-25,52-53H2,1-4H3,(H2,54,70)(H2,56,72)(H,59,75)(H,60,74)(H,62,76)(H,64,77)(H,65,73)(H2,55,67,68)/t29-,30+,33-,34-,35-,36-,42-,81?/m0/s1. The molecule has 8 atom stereocenters. The van der Waals surface area contributed by atoms with E-state index in [1.165, 1.54) is 61.8 Å². The molecule has 0 aliphatic heterocycles. The van der Waals surface area contributed by atoms with E-state index >= 15 is 0 Å². The summed E-state index contributed by atoms with van der Waals surface area (Å²) in [6.07, 6.45) is 3.55. The van der Waals surface area contributed by atoms with Crippen molar-refractivity contribution in [3.8, 4) is 16.5 Å². The minimum absolute atomic E-state index is 0.00267. The summed E-state index contributed by atoms with van der Waals surface area (Å²) in [4.78, 5) is 109. The molecule has 3 aromatic heterocycles. The van der Waals surface area contributed by atoms with Gasteiger partial charge in [0.15, 0.2) is 0 Å². The van der Waals surface area contributed by atoms with Crippen molar-refractivity contribution in [2.45, 2.75) is 108 Å². The molecule has 7 amide bonds. The second-order valence-electron chi connectivity index (χ2n) is 19.3. The van der Waals surface area contributed by atoms with E-state index in [1.807, 2.05) is 5.38 Å². The van der Waals surface area contributed by atoms with Gasteiger partial charge >= 0.3 is 0 Å². The molecule has 1 unspecified atom stereocenters. The van der Waals surface area contributed by atoms with E-state index in [2.05, 4.69) is 62.5 Å². The van der Waals surface area contributed by atoms with E-state index in [0.717, 1.165) is 51.9 Å². The lowest BCUT2D eigenvalue weighted by atomic mass is 9.96. The third-order valence-corrected chi connectivity index (χ3v) is 15.3. The monoisotopic (exact) mass is 1190 g/mol. The van der Waals surface area contributed by atoms with Gasteiger partial charge < -0.3 is 81.4 Å². The number of carbonyl (C=O) groups excluding carboxylic acids is 7. The topological polar surface area (TPSA) is 455 Å². The molecule has 27 nitrogen and oxygen atoms in total. The highest BCUT2D eigenvalue weighted by molar-refractivity contribution is 7.84. The van der Waals surface area contributed by atoms with E-state index in [-0.39, 0.29) is 66.2 Å². The molecule has 30 heteroatoms. The van der Waals surface area contributed by atoms with Crippen molar-refractivity contribution in [1.82, 2.24) is 62.5 Å². The maximum atomic E-state index is 13.9. The van der Waals surface area contributed by atoms with Crippen molar-refractivity contribution in [3.05, 3.63) is 68.4 Å². The zero-order valence-corrected chi connectivity index (χ0v) is 48.5. The number of amides is 7. The number of hydrogen-bond donors (Lipinski definition) is 15. The molecule has 0 saturated heterocycles. The average Bonchev–Trinajstić information content (AvgIpc) is 4.13. The Morgan fingerprint density at radius 1 is 0.765 bits per heavy atom. The lowest BCUT2D eigenvalue weighted by molar-refractivity contribution is -0.134. The number of aromatic nitrogens is 4. The molecule has 446 valence electrons. The zero-order chi connectivity index (χ0) is 59.6. The smallest absolute Gasteiger partial charge is 0.271 e. The number of nitrogens with one attached hydrogen (secondary N) is 8. The van der Waals surface area contributed by atoms with Crippen LogP contribution < -0.4 is 71.2 Å². The van der Waals surface area contributed by atoms with Crippen molar-refractivity contribution in [3.63, 3.8) is 0 Å². The van der Waals surface area contributed by atoms with Gasteiger partial charge in [0.2, 0.25) is 29.5 Å². The van der Waals surface area contributed by atoms with Crippen LogP contribution in [0, 0.1) is 12.8 Å². The number of primary amides is 2. The van der Waals surface area contributed by atoms with Gasteiger partial charge in [0.25, 0.3) is 11.8 Å². The largest absolute Gasteiger partial charge is 0.508 e. The van der Waals surface area contributed by atoms with E-state index in [9.17, 15) is 48.0 Å². The van der Waals surface area contributed by atoms with Crippen LogP contribution in [-0.4, -0.2) is 170 Å². The molecule has 81 heavy (non-hydrogen) atoms. The highest BCUT2D eigenvalue weighted by Crippen LogP contribution is 2.26. The predicted octanol–water partition coefficient (Wildman–Crippen LogP) is -2.15. The molecule has 0 spiro atoms. The number of phenolic OH excluding ortho intramolecular Hbond substituents is 1. The van der Waals surface area contributed by atoms with Crippen LogP contribution in [0.5, 0.6) is 5.75 Å². The number of nitrogens with two attached hydrogens (primary N) is 5. The molecule has 0 aliphatic rings. The fourth-order valence-corrected chi connectivity index (χ4v) is 10.0. The quantitative estimate of drug-likeness (QED) is 0.0213. The Balaban J connectivity index is 1.34. The third kappa shape index (κ3) is 23.0. The lowest BCUT2D eigenvalue weighted by Gasteiger charge is -2.28. The van der Waals surface area contributed by atoms with Gasteiger partial charge in [-0.25, -0.2) is 19.9 Å². The first-order chi connectivity index (χ1) is 38.6. The van der Waals surface area contributed by atoms with Crippen LogP contribution in [0.2, 0.25) is 0 Å². The fourth-order valence-electron chi connectivity index (χ4n) is 7.83. The molecular weight excluding hydrogens is 1110 g/mol. The second kappa shape index (κ2) is 34.6. The van der Waals surface area contributed by atoms with Gasteiger partial charge in [0, 0.05) is 78.0 Å². The predicted molar refractivity (Wildman–Crippen MR) is 310 cm³/mol. The lowest BCUT2D eigenvalue weighted by Crippen LogP contribution is -2.55. The van der Waals surface area contributed by atoms with E-state index in [4.69, 9.17) is 28.7 Å². The van der Waals surface area contributed by atoms with Gasteiger partial charge in [-0.1, -0.05) is 19.1 Å². The first kappa shape index (κ1) is 66.9. The number of hydrogen-bond acceptors (Lipinski definition) is 22. The molecule has 4 aromatic rings. The van der Waals surface area contributed by atoms with Crippen molar-refractivity contribution < 1.29 is 48.0 Å². The fraction of sp³-hybridized carbons (Fsp3) is 0.549. The van der Waals surface area contributed by atoms with Gasteiger partial charge in [0.1, 0.15) is 51.6 Å². The second-order valence-corrected chi connectivity index (χ2v) is 22.7. The summed E-state index contributed by atoms with van der Waals surface area (Å²) in [5.41, 5.74) is 29.4. The van der Waals surface area contributed by atoms with Crippen molar-refractivity contribution in [1.29, 1.82) is 0 Å². The van der Waals surface area contributed by atoms with E-state index < -0.39 is 94.9 Å². The maximum Gasteiger partial charge on any atom is 0.271 e. The van der Waals surface area contributed by atoms with Crippen LogP contribution >= 0.6 is 22.7 Å². The summed E-state index contributed by atoms with van der Waals surface area (Å²) in [6, 6.07) is 0.219. The summed E-state index contributed by atoms with van der Waals surface area (Å²) < 4.78 is 12.2. The van der Waals surface area contributed by atoms with E-state index in [0.29, 0.717) is 46.5 Å². The summed E-state index contributed by atoms with van der Waals surface area (Å²) in [5.74, 6) is -6.45. The van der Waals surface area contributed by atoms with Gasteiger partial charge in [-0.15, -0.1) is 22.7 Å². The molecular formula is C51H79N17O10S3. The Labute approximate surface area is 481 Å². The van der Waals surface area contributed by atoms with Crippen LogP contribution in [-0.2, 0) is 47.6 Å². The molecule has 3 heterocycles. The number of unbranched alkanes of at least 4 members (excludes halogenated alkanes) is 1. The minimum atomic E-state index is -1.54. The van der Waals surface area contributed by atoms with Crippen molar-refractivity contribution >= 4 is 80.6 Å². The van der Waals surface area contributed by atoms with Crippen LogP contribution in [0.1, 0.15) is 101 Å². The van der Waals surface area contributed by atoms with Crippen LogP contribution in [0.15, 0.2) is 35.0 Å². The number of aliphatic hydroxyl groups is 1. The van der Waals surface area contributed by atoms with Crippen LogP contribution in [0.3, 0.4) is 0 Å². The Hall–Kier alpha value is -6.64. The molecule has 1 aromatic carbocycles. The summed E-state index contributed by atoms with van der Waals surface area (Å²) in [7, 11) is -1.42. The first-order valence-electron chi connectivity index (χ1n) is 26.5. The number of thiazole rings is 2. The summed E-state index contributed by atoms with van der Waals surface area (Å²) >= 11 is 2.65. The minimum Gasteiger partial charge on any atom is -0.508 e. The summed E-state index contributed by atoms with van der Waals surface area (Å²) in [5, 5.41) is 49.4. The number of nitrogens with zero attached hydrogens (tertiary/aromatic N) is 4. The summed E-state index contributed by atoms with van der Waals surface area (Å²) in [6.45, 7) is 9.00. The van der Waals surface area contributed by atoms with Gasteiger partial charge in [-0.05, 0) is 96.4 Å². The molecule has 0 saturated carbocycles. The Bertz CT molecular complexity index is 2730. The molecule has 0 fully saturated rings. The van der Waals surface area contributed by atoms with E-state index in [1.54, 1.807) is 17.5 Å². The average molecular weight is 1190 g/mol. The van der Waals surface area contributed by atoms with Crippen LogP contribution in [0.4, 0.5) is 5.82 Å². The number of aromatic hydroxyl groups is 1. The SMILES string of the molecule is Cc1c(N)nc([C@H](CC(N)=O)NC[C@H](N)C(N)=O)nc1C(=O)N[C@@H](CCS(C)=O)C(=O)N[C@H](C)[C@@H](O)[C@H](C)C(=O)N[C@@H](Cc1ccc(O)cc1)C(=O)NCCc1nc(-c2nc(C(=O)NCCCNCCCCNCCCN)cs2)cs1. The number of phenols is 1. The highest BCUT2D eigenvalue weighted by atomic mass is 32.2. The van der Waals surface area contributed by atoms with Gasteiger partial charge in [-0.2, -0.15) is 0 Å². The normalized spacial score (nSPS) is 14.3.